The average molecular weight is 302 g/mol. The van der Waals surface area contributed by atoms with E-state index >= 15 is 0 Å². The number of nitrogens with one attached hydrogen (secondary N) is 1. The highest BCUT2D eigenvalue weighted by Gasteiger charge is 2.13. The number of aromatic nitrogens is 1. The number of aromatic hydroxyl groups is 1. The van der Waals surface area contributed by atoms with Crippen molar-refractivity contribution in [2.24, 2.45) is 0 Å². The Bertz CT molecular complexity index is 658. The average Bonchev–Trinajstić information content (AvgIpc) is 2.54. The lowest BCUT2D eigenvalue weighted by Gasteiger charge is -2.11. The molecule has 22 heavy (non-hydrogen) atoms. The molecule has 1 aromatic carbocycles. The van der Waals surface area contributed by atoms with Crippen LogP contribution >= 0.6 is 0 Å². The van der Waals surface area contributed by atoms with Crippen LogP contribution in [0.4, 0.5) is 0 Å². The van der Waals surface area contributed by atoms with Gasteiger partial charge in [-0.3, -0.25) is 4.79 Å². The molecule has 0 bridgehead atoms. The van der Waals surface area contributed by atoms with Crippen LogP contribution in [0.5, 0.6) is 17.4 Å². The van der Waals surface area contributed by atoms with Crippen LogP contribution in [-0.2, 0) is 6.54 Å². The van der Waals surface area contributed by atoms with Crippen molar-refractivity contribution in [1.29, 1.82) is 0 Å². The summed E-state index contributed by atoms with van der Waals surface area (Å²) in [5.41, 5.74) is 0.952. The molecule has 0 aliphatic rings. The molecule has 1 aromatic heterocycles. The first-order chi connectivity index (χ1) is 10.7. The molecule has 0 radical (unpaired) electrons. The van der Waals surface area contributed by atoms with Gasteiger partial charge in [-0.1, -0.05) is 6.07 Å². The summed E-state index contributed by atoms with van der Waals surface area (Å²) in [5, 5.41) is 12.6. The minimum atomic E-state index is -0.383. The molecule has 0 spiro atoms. The Morgan fingerprint density at radius 3 is 2.86 bits per heavy atom. The van der Waals surface area contributed by atoms with E-state index in [4.69, 9.17) is 9.47 Å². The molecule has 2 aromatic rings. The fourth-order valence-corrected chi connectivity index (χ4v) is 1.93. The molecular formula is C16H18N2O4. The van der Waals surface area contributed by atoms with Gasteiger partial charge in [0.25, 0.3) is 5.91 Å². The lowest BCUT2D eigenvalue weighted by atomic mass is 10.1. The zero-order valence-corrected chi connectivity index (χ0v) is 12.5. The SMILES string of the molecule is CCOc1ncccc1CNC(=O)c1ccc(OC)cc1O. The van der Waals surface area contributed by atoms with Crippen LogP contribution in [0.15, 0.2) is 36.5 Å². The Hall–Kier alpha value is -2.76. The van der Waals surface area contributed by atoms with Gasteiger partial charge in [-0.25, -0.2) is 4.98 Å². The van der Waals surface area contributed by atoms with Crippen LogP contribution in [0.1, 0.15) is 22.8 Å². The molecule has 0 saturated heterocycles. The van der Waals surface area contributed by atoms with E-state index in [9.17, 15) is 9.90 Å². The monoisotopic (exact) mass is 302 g/mol. The molecule has 0 unspecified atom stereocenters. The molecule has 0 saturated carbocycles. The summed E-state index contributed by atoms with van der Waals surface area (Å²) in [6.07, 6.45) is 1.63. The van der Waals surface area contributed by atoms with Crippen molar-refractivity contribution in [1.82, 2.24) is 10.3 Å². The van der Waals surface area contributed by atoms with Gasteiger partial charge in [-0.2, -0.15) is 0 Å². The van der Waals surface area contributed by atoms with Gasteiger partial charge in [0.05, 0.1) is 19.3 Å². The summed E-state index contributed by atoms with van der Waals surface area (Å²) < 4.78 is 10.4. The van der Waals surface area contributed by atoms with Gasteiger partial charge >= 0.3 is 0 Å². The Kier molecular flexibility index (Phi) is 5.19. The molecule has 0 fully saturated rings. The Morgan fingerprint density at radius 2 is 2.18 bits per heavy atom. The van der Waals surface area contributed by atoms with Crippen molar-refractivity contribution >= 4 is 5.91 Å². The Balaban J connectivity index is 2.07. The van der Waals surface area contributed by atoms with Crippen molar-refractivity contribution in [2.75, 3.05) is 13.7 Å². The van der Waals surface area contributed by atoms with Crippen LogP contribution in [-0.4, -0.2) is 29.7 Å². The molecule has 2 N–H and O–H groups in total. The summed E-state index contributed by atoms with van der Waals surface area (Å²) in [7, 11) is 1.49. The smallest absolute Gasteiger partial charge is 0.255 e. The van der Waals surface area contributed by atoms with Crippen LogP contribution < -0.4 is 14.8 Å². The third-order valence-corrected chi connectivity index (χ3v) is 3.02. The molecule has 0 aliphatic heterocycles. The number of ether oxygens (including phenoxy) is 2. The number of rotatable bonds is 6. The fourth-order valence-electron chi connectivity index (χ4n) is 1.93. The zero-order chi connectivity index (χ0) is 15.9. The molecule has 116 valence electrons. The second-order valence-electron chi connectivity index (χ2n) is 4.47. The highest BCUT2D eigenvalue weighted by molar-refractivity contribution is 5.96. The van der Waals surface area contributed by atoms with E-state index in [1.54, 1.807) is 18.3 Å². The number of benzene rings is 1. The van der Waals surface area contributed by atoms with Crippen LogP contribution in [0.3, 0.4) is 0 Å². The van der Waals surface area contributed by atoms with E-state index in [0.717, 1.165) is 5.56 Å². The van der Waals surface area contributed by atoms with Gasteiger partial charge in [0.15, 0.2) is 0 Å². The van der Waals surface area contributed by atoms with Crippen LogP contribution in [0, 0.1) is 0 Å². The predicted molar refractivity (Wildman–Crippen MR) is 81.2 cm³/mol. The number of amides is 1. The number of hydrogen-bond donors (Lipinski definition) is 2. The third kappa shape index (κ3) is 3.66. The first kappa shape index (κ1) is 15.6. The maximum Gasteiger partial charge on any atom is 0.255 e. The second kappa shape index (κ2) is 7.31. The topological polar surface area (TPSA) is 80.7 Å². The fraction of sp³-hybridized carbons (Fsp3) is 0.250. The molecule has 6 heteroatoms. The number of methoxy groups -OCH3 is 1. The van der Waals surface area contributed by atoms with Gasteiger partial charge in [0, 0.05) is 24.4 Å². The number of hydrogen-bond acceptors (Lipinski definition) is 5. The van der Waals surface area contributed by atoms with Crippen molar-refractivity contribution in [3.05, 3.63) is 47.7 Å². The Labute approximate surface area is 128 Å². The van der Waals surface area contributed by atoms with Gasteiger partial charge < -0.3 is 19.9 Å². The summed E-state index contributed by atoms with van der Waals surface area (Å²) in [6.45, 7) is 2.62. The number of phenols is 1. The molecule has 1 amide bonds. The van der Waals surface area contributed by atoms with E-state index in [1.165, 1.54) is 19.2 Å². The lowest BCUT2D eigenvalue weighted by molar-refractivity contribution is 0.0948. The van der Waals surface area contributed by atoms with E-state index < -0.39 is 0 Å². The van der Waals surface area contributed by atoms with Crippen molar-refractivity contribution < 1.29 is 19.4 Å². The molecule has 6 nitrogen and oxygen atoms in total. The van der Waals surface area contributed by atoms with Crippen LogP contribution in [0.2, 0.25) is 0 Å². The van der Waals surface area contributed by atoms with E-state index in [-0.39, 0.29) is 23.8 Å². The first-order valence-corrected chi connectivity index (χ1v) is 6.87. The molecule has 1 heterocycles. The zero-order valence-electron chi connectivity index (χ0n) is 12.5. The molecule has 2 rings (SSSR count). The number of carbonyl (C=O) groups excluding carboxylic acids is 1. The summed E-state index contributed by atoms with van der Waals surface area (Å²) >= 11 is 0. The van der Waals surface area contributed by atoms with Gasteiger partial charge in [-0.15, -0.1) is 0 Å². The number of nitrogens with zero attached hydrogens (tertiary/aromatic N) is 1. The predicted octanol–water partition coefficient (Wildman–Crippen LogP) is 2.12. The maximum atomic E-state index is 12.1. The number of phenolic OH excluding ortho intramolecular Hbond substituents is 1. The van der Waals surface area contributed by atoms with Crippen molar-refractivity contribution in [3.8, 4) is 17.4 Å². The standard InChI is InChI=1S/C16H18N2O4/c1-3-22-16-11(5-4-8-17-16)10-18-15(20)13-7-6-12(21-2)9-14(13)19/h4-9,19H,3,10H2,1-2H3,(H,18,20). The second-order valence-corrected chi connectivity index (χ2v) is 4.47. The van der Waals surface area contributed by atoms with E-state index in [0.29, 0.717) is 18.2 Å². The van der Waals surface area contributed by atoms with Crippen molar-refractivity contribution in [2.45, 2.75) is 13.5 Å². The molecule has 0 aliphatic carbocycles. The highest BCUT2D eigenvalue weighted by atomic mass is 16.5. The molecular weight excluding hydrogens is 284 g/mol. The summed E-state index contributed by atoms with van der Waals surface area (Å²) in [6, 6.07) is 8.12. The van der Waals surface area contributed by atoms with Gasteiger partial charge in [-0.05, 0) is 25.1 Å². The van der Waals surface area contributed by atoms with Gasteiger partial charge in [0.2, 0.25) is 5.88 Å². The third-order valence-electron chi connectivity index (χ3n) is 3.02. The van der Waals surface area contributed by atoms with Crippen LogP contribution in [0.25, 0.3) is 0 Å². The minimum absolute atomic E-state index is 0.131. The largest absolute Gasteiger partial charge is 0.507 e. The lowest BCUT2D eigenvalue weighted by Crippen LogP contribution is -2.23. The first-order valence-electron chi connectivity index (χ1n) is 6.87. The normalized spacial score (nSPS) is 10.1. The van der Waals surface area contributed by atoms with E-state index in [2.05, 4.69) is 10.3 Å². The summed E-state index contributed by atoms with van der Waals surface area (Å²) in [4.78, 5) is 16.3. The summed E-state index contributed by atoms with van der Waals surface area (Å²) in [5.74, 6) is 0.462. The number of pyridine rings is 1. The molecule has 0 atom stereocenters. The maximum absolute atomic E-state index is 12.1. The quantitative estimate of drug-likeness (QED) is 0.854. The minimum Gasteiger partial charge on any atom is -0.507 e. The van der Waals surface area contributed by atoms with Gasteiger partial charge in [0.1, 0.15) is 11.5 Å². The van der Waals surface area contributed by atoms with Crippen molar-refractivity contribution in [3.63, 3.8) is 0 Å². The highest BCUT2D eigenvalue weighted by Crippen LogP contribution is 2.23. The number of carbonyl (C=O) groups is 1. The van der Waals surface area contributed by atoms with E-state index in [1.807, 2.05) is 13.0 Å². The Morgan fingerprint density at radius 1 is 1.36 bits per heavy atom.